The Balaban J connectivity index is 2.20. The number of nitrogens with zero attached hydrogens (tertiary/aromatic N) is 1. The third-order valence-corrected chi connectivity index (χ3v) is 2.68. The van der Waals surface area contributed by atoms with Gasteiger partial charge in [-0.1, -0.05) is 12.1 Å². The Bertz CT molecular complexity index is 541. The third kappa shape index (κ3) is 2.41. The molecule has 0 aliphatic rings. The molecule has 0 aliphatic carbocycles. The summed E-state index contributed by atoms with van der Waals surface area (Å²) in [7, 11) is 0. The number of hydrogen-bond acceptors (Lipinski definition) is 2. The molecule has 2 rings (SSSR count). The van der Waals surface area contributed by atoms with Gasteiger partial charge in [0.1, 0.15) is 11.6 Å². The van der Waals surface area contributed by atoms with Crippen molar-refractivity contribution in [2.24, 2.45) is 0 Å². The number of aromatic amines is 1. The van der Waals surface area contributed by atoms with E-state index in [9.17, 15) is 9.18 Å². The van der Waals surface area contributed by atoms with E-state index in [2.05, 4.69) is 9.97 Å². The number of ketones is 1. The molecule has 0 bridgehead atoms. The van der Waals surface area contributed by atoms with E-state index in [0.717, 1.165) is 11.4 Å². The monoisotopic (exact) mass is 232 g/mol. The molecule has 4 heteroatoms. The second kappa shape index (κ2) is 4.49. The maximum Gasteiger partial charge on any atom is 0.173 e. The summed E-state index contributed by atoms with van der Waals surface area (Å²) >= 11 is 0. The molecule has 17 heavy (non-hydrogen) atoms. The Labute approximate surface area is 98.7 Å². The molecule has 0 fully saturated rings. The van der Waals surface area contributed by atoms with Crippen LogP contribution in [0.25, 0.3) is 0 Å². The molecule has 0 spiro atoms. The summed E-state index contributed by atoms with van der Waals surface area (Å²) < 4.78 is 13.4. The first kappa shape index (κ1) is 11.5. The van der Waals surface area contributed by atoms with Gasteiger partial charge in [0, 0.05) is 5.69 Å². The minimum absolute atomic E-state index is 0.0929. The van der Waals surface area contributed by atoms with Gasteiger partial charge in [0.15, 0.2) is 5.78 Å². The lowest BCUT2D eigenvalue weighted by Crippen LogP contribution is -2.07. The summed E-state index contributed by atoms with van der Waals surface area (Å²) in [5.41, 5.74) is 1.90. The fourth-order valence-electron chi connectivity index (χ4n) is 1.64. The molecule has 2 aromatic rings. The number of H-pyrrole nitrogens is 1. The quantitative estimate of drug-likeness (QED) is 0.827. The minimum Gasteiger partial charge on any atom is -0.345 e. The molecule has 0 saturated carbocycles. The lowest BCUT2D eigenvalue weighted by atomic mass is 10.1. The zero-order valence-corrected chi connectivity index (χ0v) is 9.75. The smallest absolute Gasteiger partial charge is 0.173 e. The van der Waals surface area contributed by atoms with Gasteiger partial charge in [-0.15, -0.1) is 0 Å². The first-order chi connectivity index (χ1) is 8.08. The molecule has 1 aromatic carbocycles. The maximum absolute atomic E-state index is 13.4. The van der Waals surface area contributed by atoms with Crippen molar-refractivity contribution in [3.05, 3.63) is 52.9 Å². The average Bonchev–Trinajstić information content (AvgIpc) is 2.58. The number of rotatable bonds is 3. The van der Waals surface area contributed by atoms with Gasteiger partial charge in [-0.25, -0.2) is 9.37 Å². The van der Waals surface area contributed by atoms with Crippen LogP contribution in [0.4, 0.5) is 4.39 Å². The van der Waals surface area contributed by atoms with Crippen LogP contribution in [0, 0.1) is 19.7 Å². The molecule has 1 aromatic heterocycles. The number of aromatic nitrogens is 2. The summed E-state index contributed by atoms with van der Waals surface area (Å²) in [6.45, 7) is 3.75. The van der Waals surface area contributed by atoms with Crippen LogP contribution in [0.3, 0.4) is 0 Å². The number of carbonyl (C=O) groups excluding carboxylic acids is 1. The van der Waals surface area contributed by atoms with Crippen LogP contribution in [0.5, 0.6) is 0 Å². The van der Waals surface area contributed by atoms with Crippen molar-refractivity contribution in [2.75, 3.05) is 0 Å². The second-order valence-corrected chi connectivity index (χ2v) is 3.97. The molecule has 1 N–H and O–H groups in total. The number of hydrogen-bond donors (Lipinski definition) is 1. The van der Waals surface area contributed by atoms with E-state index >= 15 is 0 Å². The van der Waals surface area contributed by atoms with Crippen LogP contribution < -0.4 is 0 Å². The highest BCUT2D eigenvalue weighted by Crippen LogP contribution is 2.11. The SMILES string of the molecule is Cc1nc(CC(=O)c2ccccc2F)[nH]c1C. The van der Waals surface area contributed by atoms with Crippen molar-refractivity contribution in [1.82, 2.24) is 9.97 Å². The van der Waals surface area contributed by atoms with Crippen LogP contribution in [0.15, 0.2) is 24.3 Å². The number of Topliss-reactive ketones (excluding diaryl/α,β-unsaturated/α-hetero) is 1. The summed E-state index contributed by atoms with van der Waals surface area (Å²) in [5.74, 6) is -0.178. The van der Waals surface area contributed by atoms with Crippen LogP contribution in [0.1, 0.15) is 27.6 Å². The van der Waals surface area contributed by atoms with Crippen LogP contribution in [-0.4, -0.2) is 15.8 Å². The van der Waals surface area contributed by atoms with E-state index in [1.165, 1.54) is 12.1 Å². The number of nitrogens with one attached hydrogen (secondary N) is 1. The molecule has 0 saturated heterocycles. The predicted molar refractivity (Wildman–Crippen MR) is 62.5 cm³/mol. The highest BCUT2D eigenvalue weighted by atomic mass is 19.1. The van der Waals surface area contributed by atoms with E-state index in [1.807, 2.05) is 13.8 Å². The van der Waals surface area contributed by atoms with Crippen molar-refractivity contribution < 1.29 is 9.18 Å². The standard InChI is InChI=1S/C13H13FN2O/c1-8-9(2)16-13(15-8)7-12(17)10-5-3-4-6-11(10)14/h3-6H,7H2,1-2H3,(H,15,16). The minimum atomic E-state index is -0.488. The summed E-state index contributed by atoms with van der Waals surface area (Å²) in [6, 6.07) is 5.98. The highest BCUT2D eigenvalue weighted by molar-refractivity contribution is 5.97. The first-order valence-corrected chi connectivity index (χ1v) is 5.37. The maximum atomic E-state index is 13.4. The van der Waals surface area contributed by atoms with Gasteiger partial charge in [0.25, 0.3) is 0 Å². The molecule has 88 valence electrons. The van der Waals surface area contributed by atoms with Gasteiger partial charge in [0.2, 0.25) is 0 Å². The van der Waals surface area contributed by atoms with Gasteiger partial charge < -0.3 is 4.98 Å². The lowest BCUT2D eigenvalue weighted by molar-refractivity contribution is 0.0987. The van der Waals surface area contributed by atoms with Gasteiger partial charge in [0.05, 0.1) is 17.7 Å². The zero-order valence-electron chi connectivity index (χ0n) is 9.75. The van der Waals surface area contributed by atoms with Crippen molar-refractivity contribution in [2.45, 2.75) is 20.3 Å². The molecule has 0 atom stereocenters. The summed E-state index contributed by atoms with van der Waals surface area (Å²) in [6.07, 6.45) is 0.0929. The van der Waals surface area contributed by atoms with E-state index in [1.54, 1.807) is 12.1 Å². The molecule has 0 aliphatic heterocycles. The number of benzene rings is 1. The Morgan fingerprint density at radius 3 is 2.65 bits per heavy atom. The third-order valence-electron chi connectivity index (χ3n) is 2.68. The van der Waals surface area contributed by atoms with E-state index in [0.29, 0.717) is 5.82 Å². The normalized spacial score (nSPS) is 10.5. The van der Waals surface area contributed by atoms with Crippen molar-refractivity contribution in [3.8, 4) is 0 Å². The molecule has 0 unspecified atom stereocenters. The number of imidazole rings is 1. The predicted octanol–water partition coefficient (Wildman–Crippen LogP) is 2.59. The van der Waals surface area contributed by atoms with E-state index in [-0.39, 0.29) is 17.8 Å². The Morgan fingerprint density at radius 2 is 2.06 bits per heavy atom. The topological polar surface area (TPSA) is 45.8 Å². The number of carbonyl (C=O) groups is 1. The van der Waals surface area contributed by atoms with Gasteiger partial charge >= 0.3 is 0 Å². The molecule has 0 radical (unpaired) electrons. The molecule has 1 heterocycles. The van der Waals surface area contributed by atoms with Crippen LogP contribution in [-0.2, 0) is 6.42 Å². The Hall–Kier alpha value is -1.97. The fraction of sp³-hybridized carbons (Fsp3) is 0.231. The highest BCUT2D eigenvalue weighted by Gasteiger charge is 2.13. The number of halogens is 1. The second-order valence-electron chi connectivity index (χ2n) is 3.97. The van der Waals surface area contributed by atoms with Gasteiger partial charge in [-0.2, -0.15) is 0 Å². The average molecular weight is 232 g/mol. The van der Waals surface area contributed by atoms with Crippen molar-refractivity contribution >= 4 is 5.78 Å². The van der Waals surface area contributed by atoms with Crippen molar-refractivity contribution in [3.63, 3.8) is 0 Å². The van der Waals surface area contributed by atoms with Crippen molar-refractivity contribution in [1.29, 1.82) is 0 Å². The molecule has 0 amide bonds. The summed E-state index contributed by atoms with van der Waals surface area (Å²) in [4.78, 5) is 19.1. The molecular formula is C13H13FN2O. The zero-order chi connectivity index (χ0) is 12.4. The van der Waals surface area contributed by atoms with E-state index in [4.69, 9.17) is 0 Å². The van der Waals surface area contributed by atoms with Crippen LogP contribution >= 0.6 is 0 Å². The first-order valence-electron chi connectivity index (χ1n) is 5.37. The van der Waals surface area contributed by atoms with Crippen LogP contribution in [0.2, 0.25) is 0 Å². The lowest BCUT2D eigenvalue weighted by Gasteiger charge is -2.00. The molecule has 3 nitrogen and oxygen atoms in total. The Kier molecular flexibility index (Phi) is 3.04. The van der Waals surface area contributed by atoms with Gasteiger partial charge in [-0.05, 0) is 26.0 Å². The summed E-state index contributed by atoms with van der Waals surface area (Å²) in [5, 5.41) is 0. The molecular weight excluding hydrogens is 219 g/mol. The van der Waals surface area contributed by atoms with Gasteiger partial charge in [-0.3, -0.25) is 4.79 Å². The number of aryl methyl sites for hydroxylation is 2. The Morgan fingerprint density at radius 1 is 1.35 bits per heavy atom. The van der Waals surface area contributed by atoms with E-state index < -0.39 is 5.82 Å². The fourth-order valence-corrected chi connectivity index (χ4v) is 1.64. The largest absolute Gasteiger partial charge is 0.345 e.